The Hall–Kier alpha value is -1.36. The fraction of sp³-hybridized carbons (Fsp3) is 0.538. The highest BCUT2D eigenvalue weighted by Gasteiger charge is 2.26. The number of hydrogen-bond acceptors (Lipinski definition) is 3. The normalized spacial score (nSPS) is 19.3. The van der Waals surface area contributed by atoms with Crippen molar-refractivity contribution in [2.45, 2.75) is 19.3 Å². The first-order valence-corrected chi connectivity index (χ1v) is 7.06. The Morgan fingerprint density at radius 3 is 3.06 bits per heavy atom. The topological polar surface area (TPSA) is 49.4 Å². The maximum Gasteiger partial charge on any atom is 0.222 e. The quantitative estimate of drug-likeness (QED) is 0.872. The fourth-order valence-electron chi connectivity index (χ4n) is 2.13. The number of likely N-dealkylation sites (tertiary alicyclic amines) is 1. The third kappa shape index (κ3) is 3.57. The molecule has 1 aliphatic heterocycles. The number of rotatable bonds is 5. The molecule has 0 aromatic carbocycles. The number of carbonyl (C=O) groups excluding carboxylic acids is 2. The molecule has 0 radical (unpaired) electrons. The Balaban J connectivity index is 1.65. The standard InChI is InChI=1S/C13H18N2O2S/c1-15-9-10(7-13(15)17)8-14-12(16)5-4-11-3-2-6-18-11/h2-3,6,10H,4-5,7-9H2,1H3,(H,14,16). The Morgan fingerprint density at radius 1 is 1.61 bits per heavy atom. The molecule has 0 spiro atoms. The van der Waals surface area contributed by atoms with Crippen molar-refractivity contribution in [3.63, 3.8) is 0 Å². The van der Waals surface area contributed by atoms with E-state index >= 15 is 0 Å². The zero-order valence-corrected chi connectivity index (χ0v) is 11.3. The molecule has 2 heterocycles. The number of carbonyl (C=O) groups is 2. The van der Waals surface area contributed by atoms with Crippen LogP contribution in [0.3, 0.4) is 0 Å². The maximum atomic E-state index is 11.7. The van der Waals surface area contributed by atoms with Crippen molar-refractivity contribution >= 4 is 23.2 Å². The molecule has 1 atom stereocenters. The summed E-state index contributed by atoms with van der Waals surface area (Å²) in [5.41, 5.74) is 0. The molecule has 18 heavy (non-hydrogen) atoms. The Labute approximate surface area is 111 Å². The summed E-state index contributed by atoms with van der Waals surface area (Å²) in [6.07, 6.45) is 1.88. The molecule has 2 amide bonds. The number of nitrogens with zero attached hydrogens (tertiary/aromatic N) is 1. The second kappa shape index (κ2) is 6.00. The number of nitrogens with one attached hydrogen (secondary N) is 1. The van der Waals surface area contributed by atoms with E-state index < -0.39 is 0 Å². The summed E-state index contributed by atoms with van der Waals surface area (Å²) < 4.78 is 0. The fourth-order valence-corrected chi connectivity index (χ4v) is 2.84. The molecular weight excluding hydrogens is 248 g/mol. The van der Waals surface area contributed by atoms with Gasteiger partial charge in [-0.3, -0.25) is 9.59 Å². The summed E-state index contributed by atoms with van der Waals surface area (Å²) in [7, 11) is 1.81. The third-order valence-electron chi connectivity index (χ3n) is 3.19. The van der Waals surface area contributed by atoms with Crippen LogP contribution in [0, 0.1) is 5.92 Å². The molecule has 1 unspecified atom stereocenters. The number of thiophene rings is 1. The molecule has 5 heteroatoms. The second-order valence-corrected chi connectivity index (χ2v) is 5.76. The van der Waals surface area contributed by atoms with Crippen LogP contribution in [0.15, 0.2) is 17.5 Å². The lowest BCUT2D eigenvalue weighted by Crippen LogP contribution is -2.30. The van der Waals surface area contributed by atoms with Crippen molar-refractivity contribution in [2.75, 3.05) is 20.1 Å². The van der Waals surface area contributed by atoms with E-state index in [0.717, 1.165) is 13.0 Å². The van der Waals surface area contributed by atoms with Gasteiger partial charge in [-0.25, -0.2) is 0 Å². The minimum atomic E-state index is 0.0744. The van der Waals surface area contributed by atoms with Gasteiger partial charge in [0.25, 0.3) is 0 Å². The monoisotopic (exact) mass is 266 g/mol. The summed E-state index contributed by atoms with van der Waals surface area (Å²) in [5.74, 6) is 0.520. The van der Waals surface area contributed by atoms with E-state index in [-0.39, 0.29) is 17.7 Å². The van der Waals surface area contributed by atoms with Crippen molar-refractivity contribution < 1.29 is 9.59 Å². The summed E-state index contributed by atoms with van der Waals surface area (Å²) in [5, 5.41) is 4.94. The Morgan fingerprint density at radius 2 is 2.44 bits per heavy atom. The van der Waals surface area contributed by atoms with Crippen molar-refractivity contribution in [3.8, 4) is 0 Å². The molecule has 2 rings (SSSR count). The minimum Gasteiger partial charge on any atom is -0.356 e. The highest BCUT2D eigenvalue weighted by Crippen LogP contribution is 2.15. The molecule has 4 nitrogen and oxygen atoms in total. The average Bonchev–Trinajstić information content (AvgIpc) is 2.95. The Bertz CT molecular complexity index is 417. The van der Waals surface area contributed by atoms with Gasteiger partial charge in [0.05, 0.1) is 0 Å². The molecule has 0 saturated carbocycles. The smallest absolute Gasteiger partial charge is 0.222 e. The van der Waals surface area contributed by atoms with Crippen LogP contribution in [0.1, 0.15) is 17.7 Å². The number of hydrogen-bond donors (Lipinski definition) is 1. The van der Waals surface area contributed by atoms with Gasteiger partial charge in [0.15, 0.2) is 0 Å². The van der Waals surface area contributed by atoms with Gasteiger partial charge in [0.2, 0.25) is 11.8 Å². The lowest BCUT2D eigenvalue weighted by Gasteiger charge is -2.11. The van der Waals surface area contributed by atoms with Gasteiger partial charge in [-0.2, -0.15) is 0 Å². The molecule has 98 valence electrons. The van der Waals surface area contributed by atoms with Gasteiger partial charge in [-0.05, 0) is 17.9 Å². The van der Waals surface area contributed by atoms with Gasteiger partial charge in [0.1, 0.15) is 0 Å². The molecule has 1 saturated heterocycles. The van der Waals surface area contributed by atoms with Crippen LogP contribution < -0.4 is 5.32 Å². The van der Waals surface area contributed by atoms with E-state index in [1.807, 2.05) is 17.5 Å². The van der Waals surface area contributed by atoms with Gasteiger partial charge in [-0.15, -0.1) is 11.3 Å². The average molecular weight is 266 g/mol. The first kappa shape index (κ1) is 13.1. The predicted octanol–water partition coefficient (Wildman–Crippen LogP) is 1.28. The molecule has 0 bridgehead atoms. The van der Waals surface area contributed by atoms with Crippen LogP contribution in [0.4, 0.5) is 0 Å². The van der Waals surface area contributed by atoms with E-state index in [0.29, 0.717) is 19.4 Å². The predicted molar refractivity (Wildman–Crippen MR) is 71.4 cm³/mol. The van der Waals surface area contributed by atoms with Gasteiger partial charge in [0, 0.05) is 43.8 Å². The summed E-state index contributed by atoms with van der Waals surface area (Å²) in [4.78, 5) is 25.9. The van der Waals surface area contributed by atoms with Crippen LogP contribution in [-0.2, 0) is 16.0 Å². The molecule has 1 aromatic heterocycles. The van der Waals surface area contributed by atoms with Crippen molar-refractivity contribution in [1.82, 2.24) is 10.2 Å². The van der Waals surface area contributed by atoms with Gasteiger partial charge < -0.3 is 10.2 Å². The SMILES string of the molecule is CN1CC(CNC(=O)CCc2cccs2)CC1=O. The van der Waals surface area contributed by atoms with Crippen LogP contribution >= 0.6 is 11.3 Å². The maximum absolute atomic E-state index is 11.7. The van der Waals surface area contributed by atoms with Crippen molar-refractivity contribution in [3.05, 3.63) is 22.4 Å². The number of aryl methyl sites for hydroxylation is 1. The first-order chi connectivity index (χ1) is 8.65. The van der Waals surface area contributed by atoms with E-state index in [9.17, 15) is 9.59 Å². The van der Waals surface area contributed by atoms with E-state index in [1.54, 1.807) is 23.3 Å². The summed E-state index contributed by atoms with van der Waals surface area (Å²) in [6.45, 7) is 1.36. The first-order valence-electron chi connectivity index (χ1n) is 6.18. The van der Waals surface area contributed by atoms with Crippen LogP contribution in [-0.4, -0.2) is 36.9 Å². The van der Waals surface area contributed by atoms with E-state index in [1.165, 1.54) is 4.88 Å². The zero-order valence-electron chi connectivity index (χ0n) is 10.5. The molecular formula is C13H18N2O2S. The van der Waals surface area contributed by atoms with Gasteiger partial charge >= 0.3 is 0 Å². The second-order valence-electron chi connectivity index (χ2n) is 4.73. The highest BCUT2D eigenvalue weighted by atomic mass is 32.1. The molecule has 1 aliphatic rings. The number of amides is 2. The molecule has 1 aromatic rings. The van der Waals surface area contributed by atoms with Crippen LogP contribution in [0.2, 0.25) is 0 Å². The minimum absolute atomic E-state index is 0.0744. The summed E-state index contributed by atoms with van der Waals surface area (Å²) in [6, 6.07) is 4.04. The third-order valence-corrected chi connectivity index (χ3v) is 4.12. The molecule has 1 fully saturated rings. The molecule has 1 N–H and O–H groups in total. The Kier molecular flexibility index (Phi) is 4.36. The van der Waals surface area contributed by atoms with Crippen molar-refractivity contribution in [2.24, 2.45) is 5.92 Å². The lowest BCUT2D eigenvalue weighted by atomic mass is 10.1. The largest absolute Gasteiger partial charge is 0.356 e. The van der Waals surface area contributed by atoms with Gasteiger partial charge in [-0.1, -0.05) is 6.07 Å². The van der Waals surface area contributed by atoms with Crippen LogP contribution in [0.5, 0.6) is 0 Å². The highest BCUT2D eigenvalue weighted by molar-refractivity contribution is 7.09. The van der Waals surface area contributed by atoms with Crippen molar-refractivity contribution in [1.29, 1.82) is 0 Å². The van der Waals surface area contributed by atoms with Crippen LogP contribution in [0.25, 0.3) is 0 Å². The van der Waals surface area contributed by atoms with E-state index in [4.69, 9.17) is 0 Å². The lowest BCUT2D eigenvalue weighted by molar-refractivity contribution is -0.126. The summed E-state index contributed by atoms with van der Waals surface area (Å²) >= 11 is 1.68. The molecule has 0 aliphatic carbocycles. The van der Waals surface area contributed by atoms with E-state index in [2.05, 4.69) is 5.32 Å². The zero-order chi connectivity index (χ0) is 13.0.